The van der Waals surface area contributed by atoms with Gasteiger partial charge in [0.25, 0.3) is 0 Å². The van der Waals surface area contributed by atoms with Crippen molar-refractivity contribution in [3.05, 3.63) is 11.8 Å². The van der Waals surface area contributed by atoms with Gasteiger partial charge in [-0.2, -0.15) is 13.2 Å². The Kier molecular flexibility index (Phi) is 3.57. The van der Waals surface area contributed by atoms with Crippen LogP contribution in [0.4, 0.5) is 13.2 Å². The Bertz CT molecular complexity index is 181. The first-order valence-electron chi connectivity index (χ1n) is 2.63. The third kappa shape index (κ3) is 4.83. The minimum absolute atomic E-state index is 0.516. The molecule has 0 saturated carbocycles. The average Bonchev–Trinajstić information content (AvgIpc) is 1.80. The van der Waals surface area contributed by atoms with Gasteiger partial charge in [0, 0.05) is 0 Å². The van der Waals surface area contributed by atoms with Crippen LogP contribution in [-0.2, 0) is 15.3 Å². The summed E-state index contributed by atoms with van der Waals surface area (Å²) in [5.74, 6) is 0. The van der Waals surface area contributed by atoms with Crippen molar-refractivity contribution >= 4 is 11.1 Å². The second-order valence-electron chi connectivity index (χ2n) is 1.97. The zero-order valence-corrected chi connectivity index (χ0v) is 6.75. The van der Waals surface area contributed by atoms with Crippen LogP contribution >= 0.6 is 0 Å². The molecule has 0 aromatic heterocycles. The molecule has 0 rings (SSSR count). The molecular formula is C5H7F3O2S. The van der Waals surface area contributed by atoms with E-state index >= 15 is 0 Å². The molecule has 0 aromatic carbocycles. The summed E-state index contributed by atoms with van der Waals surface area (Å²) in [6.45, 7) is 3.07. The highest BCUT2D eigenvalue weighted by Crippen LogP contribution is 2.20. The van der Waals surface area contributed by atoms with Gasteiger partial charge in [-0.3, -0.25) is 0 Å². The topological polar surface area (TPSA) is 26.3 Å². The van der Waals surface area contributed by atoms with Gasteiger partial charge >= 0.3 is 16.6 Å². The lowest BCUT2D eigenvalue weighted by Crippen LogP contribution is -2.16. The van der Waals surface area contributed by atoms with Crippen LogP contribution in [0.5, 0.6) is 0 Å². The number of hydrogen-bond donors (Lipinski definition) is 0. The molecule has 0 bridgehead atoms. The van der Waals surface area contributed by atoms with Crippen LogP contribution in [0.3, 0.4) is 0 Å². The minimum atomic E-state index is -4.80. The van der Waals surface area contributed by atoms with E-state index in [4.69, 9.17) is 0 Å². The molecule has 66 valence electrons. The molecule has 0 aliphatic carbocycles. The largest absolute Gasteiger partial charge is 0.508 e. The summed E-state index contributed by atoms with van der Waals surface area (Å²) in [7, 11) is 0. The molecular weight excluding hydrogens is 181 g/mol. The van der Waals surface area contributed by atoms with Crippen LogP contribution in [0.25, 0.3) is 0 Å². The number of hydrogen-bond acceptors (Lipinski definition) is 2. The molecule has 0 radical (unpaired) electrons. The zero-order chi connectivity index (χ0) is 9.07. The fourth-order valence-electron chi connectivity index (χ4n) is 0.194. The van der Waals surface area contributed by atoms with Gasteiger partial charge < -0.3 is 4.18 Å². The van der Waals surface area contributed by atoms with Crippen LogP contribution in [0.1, 0.15) is 13.8 Å². The fraction of sp³-hybridized carbons (Fsp3) is 0.600. The maximum Gasteiger partial charge on any atom is 0.508 e. The van der Waals surface area contributed by atoms with E-state index in [1.807, 2.05) is 0 Å². The summed E-state index contributed by atoms with van der Waals surface area (Å²) in [6, 6.07) is 0. The van der Waals surface area contributed by atoms with E-state index in [0.717, 1.165) is 6.26 Å². The molecule has 0 amide bonds. The van der Waals surface area contributed by atoms with Crippen molar-refractivity contribution < 1.29 is 21.6 Å². The van der Waals surface area contributed by atoms with E-state index in [0.29, 0.717) is 5.57 Å². The third-order valence-electron chi connectivity index (χ3n) is 0.560. The summed E-state index contributed by atoms with van der Waals surface area (Å²) in [6.07, 6.45) is 0.809. The lowest BCUT2D eigenvalue weighted by molar-refractivity contribution is -0.0450. The summed E-state index contributed by atoms with van der Waals surface area (Å²) < 4.78 is 48.3. The fourth-order valence-corrected chi connectivity index (χ4v) is 0.583. The zero-order valence-electron chi connectivity index (χ0n) is 5.94. The molecule has 2 nitrogen and oxygen atoms in total. The van der Waals surface area contributed by atoms with Gasteiger partial charge in [-0.05, 0) is 19.4 Å². The van der Waals surface area contributed by atoms with Crippen molar-refractivity contribution in [3.63, 3.8) is 0 Å². The normalized spacial score (nSPS) is 13.9. The number of halogens is 3. The predicted molar refractivity (Wildman–Crippen MR) is 34.7 cm³/mol. The van der Waals surface area contributed by atoms with E-state index < -0.39 is 16.6 Å². The Labute approximate surface area is 64.7 Å². The molecule has 11 heavy (non-hydrogen) atoms. The summed E-state index contributed by atoms with van der Waals surface area (Å²) in [4.78, 5) is 0. The second-order valence-corrected chi connectivity index (χ2v) is 3.10. The SMILES string of the molecule is CC(C)=COS(=O)C(F)(F)F. The highest BCUT2D eigenvalue weighted by atomic mass is 32.2. The Morgan fingerprint density at radius 1 is 1.45 bits per heavy atom. The van der Waals surface area contributed by atoms with E-state index in [9.17, 15) is 17.4 Å². The quantitative estimate of drug-likeness (QED) is 0.620. The van der Waals surface area contributed by atoms with Crippen molar-refractivity contribution in [3.8, 4) is 0 Å². The van der Waals surface area contributed by atoms with Crippen LogP contribution in [0.2, 0.25) is 0 Å². The van der Waals surface area contributed by atoms with E-state index in [-0.39, 0.29) is 0 Å². The summed E-state index contributed by atoms with van der Waals surface area (Å²) in [5, 5.41) is 0. The van der Waals surface area contributed by atoms with Gasteiger partial charge in [0.1, 0.15) is 6.26 Å². The molecule has 0 fully saturated rings. The minimum Gasteiger partial charge on any atom is -0.402 e. The van der Waals surface area contributed by atoms with Gasteiger partial charge in [0.15, 0.2) is 0 Å². The predicted octanol–water partition coefficient (Wildman–Crippen LogP) is 2.11. The van der Waals surface area contributed by atoms with Crippen molar-refractivity contribution in [2.75, 3.05) is 0 Å². The van der Waals surface area contributed by atoms with E-state index in [2.05, 4.69) is 4.18 Å². The standard InChI is InChI=1S/C5H7F3O2S/c1-4(2)3-10-11(9)5(6,7)8/h3H,1-2H3. The molecule has 0 aliphatic rings. The van der Waals surface area contributed by atoms with Crippen molar-refractivity contribution in [1.82, 2.24) is 0 Å². The van der Waals surface area contributed by atoms with Crippen LogP contribution < -0.4 is 0 Å². The molecule has 0 aliphatic heterocycles. The van der Waals surface area contributed by atoms with Gasteiger partial charge in [-0.15, -0.1) is 0 Å². The lowest BCUT2D eigenvalue weighted by atomic mass is 10.4. The Morgan fingerprint density at radius 3 is 2.18 bits per heavy atom. The van der Waals surface area contributed by atoms with Crippen LogP contribution in [-0.4, -0.2) is 9.72 Å². The first kappa shape index (κ1) is 10.5. The summed E-state index contributed by atoms with van der Waals surface area (Å²) in [5.41, 5.74) is -4.28. The highest BCUT2D eigenvalue weighted by Gasteiger charge is 2.39. The van der Waals surface area contributed by atoms with Crippen molar-refractivity contribution in [2.24, 2.45) is 0 Å². The van der Waals surface area contributed by atoms with E-state index in [1.54, 1.807) is 0 Å². The van der Waals surface area contributed by atoms with Crippen LogP contribution in [0, 0.1) is 0 Å². The highest BCUT2D eigenvalue weighted by molar-refractivity contribution is 7.81. The van der Waals surface area contributed by atoms with Gasteiger partial charge in [-0.1, -0.05) is 0 Å². The average molecular weight is 188 g/mol. The number of rotatable bonds is 2. The van der Waals surface area contributed by atoms with Gasteiger partial charge in [0.05, 0.1) is 0 Å². The van der Waals surface area contributed by atoms with Crippen molar-refractivity contribution in [1.29, 1.82) is 0 Å². The second kappa shape index (κ2) is 3.75. The van der Waals surface area contributed by atoms with Gasteiger partial charge in [0.2, 0.25) is 0 Å². The molecule has 1 unspecified atom stereocenters. The Hall–Kier alpha value is -0.520. The lowest BCUT2D eigenvalue weighted by Gasteiger charge is -2.03. The number of allylic oxidation sites excluding steroid dienone is 1. The molecule has 0 spiro atoms. The van der Waals surface area contributed by atoms with Crippen molar-refractivity contribution in [2.45, 2.75) is 19.4 Å². The maximum atomic E-state index is 11.4. The Morgan fingerprint density at radius 2 is 1.91 bits per heavy atom. The summed E-state index contributed by atoms with van der Waals surface area (Å²) >= 11 is -3.23. The number of alkyl halides is 3. The van der Waals surface area contributed by atoms with Gasteiger partial charge in [-0.25, -0.2) is 4.21 Å². The molecule has 6 heteroatoms. The molecule has 0 heterocycles. The van der Waals surface area contributed by atoms with E-state index in [1.165, 1.54) is 13.8 Å². The van der Waals surface area contributed by atoms with Crippen LogP contribution in [0.15, 0.2) is 11.8 Å². The molecule has 0 aromatic rings. The maximum absolute atomic E-state index is 11.4. The Balaban J connectivity index is 4.01. The third-order valence-corrected chi connectivity index (χ3v) is 1.21. The smallest absolute Gasteiger partial charge is 0.402 e. The monoisotopic (exact) mass is 188 g/mol. The molecule has 0 saturated heterocycles. The molecule has 0 N–H and O–H groups in total. The first-order valence-corrected chi connectivity index (χ1v) is 3.70. The first-order chi connectivity index (χ1) is 4.84. The molecule has 1 atom stereocenters.